The average Bonchev–Trinajstić information content (AvgIpc) is 2.98. The third-order valence-corrected chi connectivity index (χ3v) is 3.59. The summed E-state index contributed by atoms with van der Waals surface area (Å²) in [7, 11) is 1.37. The van der Waals surface area contributed by atoms with Gasteiger partial charge in [-0.1, -0.05) is 18.2 Å². The molecule has 4 heteroatoms. The molecule has 1 aromatic heterocycles. The Morgan fingerprint density at radius 1 is 1.09 bits per heavy atom. The highest BCUT2D eigenvalue weighted by Crippen LogP contribution is 2.19. The van der Waals surface area contributed by atoms with E-state index in [9.17, 15) is 4.79 Å². The van der Waals surface area contributed by atoms with Crippen molar-refractivity contribution >= 4 is 16.9 Å². The fourth-order valence-corrected chi connectivity index (χ4v) is 2.42. The quantitative estimate of drug-likeness (QED) is 0.732. The molecule has 1 N–H and O–H groups in total. The number of hydrogen-bond acceptors (Lipinski definition) is 3. The number of fused-ring (bicyclic) bond motifs is 1. The van der Waals surface area contributed by atoms with Gasteiger partial charge in [0.05, 0.1) is 19.3 Å². The highest BCUT2D eigenvalue weighted by molar-refractivity contribution is 5.89. The normalized spacial score (nSPS) is 10.6. The number of ether oxygens (including phenoxy) is 2. The minimum absolute atomic E-state index is 0.342. The van der Waals surface area contributed by atoms with Crippen LogP contribution in [0.3, 0.4) is 0 Å². The van der Waals surface area contributed by atoms with Crippen molar-refractivity contribution in [3.63, 3.8) is 0 Å². The van der Waals surface area contributed by atoms with Crippen LogP contribution < -0.4 is 4.74 Å². The summed E-state index contributed by atoms with van der Waals surface area (Å²) in [5.41, 5.74) is 2.90. The van der Waals surface area contributed by atoms with E-state index in [1.54, 1.807) is 24.3 Å². The lowest BCUT2D eigenvalue weighted by atomic mass is 10.1. The van der Waals surface area contributed by atoms with Crippen LogP contribution in [0.25, 0.3) is 10.9 Å². The largest absolute Gasteiger partial charge is 0.493 e. The van der Waals surface area contributed by atoms with Gasteiger partial charge in [-0.05, 0) is 35.9 Å². The summed E-state index contributed by atoms with van der Waals surface area (Å²) in [6.45, 7) is 0.583. The number of para-hydroxylation sites is 1. The fraction of sp³-hybridized carbons (Fsp3) is 0.167. The molecular weight excluding hydrogens is 278 g/mol. The molecule has 0 spiro atoms. The van der Waals surface area contributed by atoms with E-state index in [-0.39, 0.29) is 5.97 Å². The second-order valence-electron chi connectivity index (χ2n) is 4.97. The zero-order valence-corrected chi connectivity index (χ0v) is 12.3. The Labute approximate surface area is 128 Å². The van der Waals surface area contributed by atoms with Crippen LogP contribution in [0.5, 0.6) is 5.75 Å². The standard InChI is InChI=1S/C18H17NO3/c1-21-18(20)13-6-8-15(9-7-13)22-11-10-14-12-19-17-5-3-2-4-16(14)17/h2-9,12,19H,10-11H2,1H3. The van der Waals surface area contributed by atoms with Gasteiger partial charge in [0.25, 0.3) is 0 Å². The number of benzene rings is 2. The molecule has 0 amide bonds. The van der Waals surface area contributed by atoms with Gasteiger partial charge >= 0.3 is 5.97 Å². The van der Waals surface area contributed by atoms with Crippen molar-refractivity contribution in [2.24, 2.45) is 0 Å². The minimum atomic E-state index is -0.342. The molecule has 112 valence electrons. The first-order chi connectivity index (χ1) is 10.8. The van der Waals surface area contributed by atoms with E-state index in [4.69, 9.17) is 4.74 Å². The van der Waals surface area contributed by atoms with E-state index >= 15 is 0 Å². The van der Waals surface area contributed by atoms with Crippen LogP contribution in [-0.4, -0.2) is 24.7 Å². The molecule has 22 heavy (non-hydrogen) atoms. The zero-order valence-electron chi connectivity index (χ0n) is 12.3. The number of methoxy groups -OCH3 is 1. The first-order valence-electron chi connectivity index (χ1n) is 7.14. The lowest BCUT2D eigenvalue weighted by Crippen LogP contribution is -2.03. The van der Waals surface area contributed by atoms with Crippen LogP contribution in [0.15, 0.2) is 54.7 Å². The molecule has 3 rings (SSSR count). The minimum Gasteiger partial charge on any atom is -0.493 e. The van der Waals surface area contributed by atoms with E-state index in [0.29, 0.717) is 12.2 Å². The summed E-state index contributed by atoms with van der Waals surface area (Å²) in [6, 6.07) is 15.2. The van der Waals surface area contributed by atoms with Gasteiger partial charge in [-0.2, -0.15) is 0 Å². The Bertz CT molecular complexity index is 774. The maximum Gasteiger partial charge on any atom is 0.337 e. The third kappa shape index (κ3) is 2.96. The zero-order chi connectivity index (χ0) is 15.4. The Morgan fingerprint density at radius 2 is 1.86 bits per heavy atom. The summed E-state index contributed by atoms with van der Waals surface area (Å²) in [5.74, 6) is 0.401. The number of esters is 1. The molecule has 0 radical (unpaired) electrons. The molecule has 4 nitrogen and oxygen atoms in total. The molecule has 0 saturated carbocycles. The molecule has 0 aliphatic carbocycles. The second kappa shape index (κ2) is 6.35. The summed E-state index contributed by atoms with van der Waals surface area (Å²) >= 11 is 0. The van der Waals surface area contributed by atoms with Gasteiger partial charge < -0.3 is 14.5 Å². The first kappa shape index (κ1) is 14.2. The van der Waals surface area contributed by atoms with Crippen molar-refractivity contribution in [1.82, 2.24) is 4.98 Å². The predicted octanol–water partition coefficient (Wildman–Crippen LogP) is 3.58. The molecule has 1 heterocycles. The average molecular weight is 295 g/mol. The van der Waals surface area contributed by atoms with E-state index < -0.39 is 0 Å². The van der Waals surface area contributed by atoms with Crippen LogP contribution in [0, 0.1) is 0 Å². The van der Waals surface area contributed by atoms with Gasteiger partial charge in [0.15, 0.2) is 0 Å². The fourth-order valence-electron chi connectivity index (χ4n) is 2.42. The molecule has 0 aliphatic heterocycles. The summed E-state index contributed by atoms with van der Waals surface area (Å²) in [4.78, 5) is 14.6. The molecule has 0 unspecified atom stereocenters. The SMILES string of the molecule is COC(=O)c1ccc(OCCc2c[nH]c3ccccc23)cc1. The number of aromatic amines is 1. The van der Waals surface area contributed by atoms with Gasteiger partial charge in [0.2, 0.25) is 0 Å². The monoisotopic (exact) mass is 295 g/mol. The summed E-state index contributed by atoms with van der Waals surface area (Å²) < 4.78 is 10.4. The Hall–Kier alpha value is -2.75. The lowest BCUT2D eigenvalue weighted by Gasteiger charge is -2.06. The lowest BCUT2D eigenvalue weighted by molar-refractivity contribution is 0.0600. The van der Waals surface area contributed by atoms with Crippen LogP contribution in [-0.2, 0) is 11.2 Å². The van der Waals surface area contributed by atoms with Crippen molar-refractivity contribution < 1.29 is 14.3 Å². The van der Waals surface area contributed by atoms with E-state index in [0.717, 1.165) is 17.7 Å². The molecule has 2 aromatic carbocycles. The first-order valence-corrected chi connectivity index (χ1v) is 7.14. The number of nitrogens with one attached hydrogen (secondary N) is 1. The molecule has 0 atom stereocenters. The van der Waals surface area contributed by atoms with Gasteiger partial charge in [0.1, 0.15) is 5.75 Å². The van der Waals surface area contributed by atoms with E-state index in [1.165, 1.54) is 18.1 Å². The highest BCUT2D eigenvalue weighted by atomic mass is 16.5. The van der Waals surface area contributed by atoms with Crippen LogP contribution in [0.4, 0.5) is 0 Å². The third-order valence-electron chi connectivity index (χ3n) is 3.59. The molecule has 0 saturated heterocycles. The van der Waals surface area contributed by atoms with Crippen molar-refractivity contribution in [2.75, 3.05) is 13.7 Å². The maximum atomic E-state index is 11.4. The van der Waals surface area contributed by atoms with Gasteiger partial charge in [-0.15, -0.1) is 0 Å². The van der Waals surface area contributed by atoms with Crippen LogP contribution >= 0.6 is 0 Å². The predicted molar refractivity (Wildman–Crippen MR) is 85.3 cm³/mol. The molecule has 0 fully saturated rings. The Morgan fingerprint density at radius 3 is 2.64 bits per heavy atom. The van der Waals surface area contributed by atoms with Crippen LogP contribution in [0.2, 0.25) is 0 Å². The summed E-state index contributed by atoms with van der Waals surface area (Å²) in [5, 5.41) is 1.23. The summed E-state index contributed by atoms with van der Waals surface area (Å²) in [6.07, 6.45) is 2.84. The van der Waals surface area contributed by atoms with E-state index in [2.05, 4.69) is 21.9 Å². The van der Waals surface area contributed by atoms with Gasteiger partial charge in [-0.3, -0.25) is 0 Å². The Balaban J connectivity index is 1.60. The van der Waals surface area contributed by atoms with E-state index in [1.807, 2.05) is 18.3 Å². The number of carbonyl (C=O) groups is 1. The van der Waals surface area contributed by atoms with Crippen molar-refractivity contribution in [1.29, 1.82) is 0 Å². The van der Waals surface area contributed by atoms with Gasteiger partial charge in [-0.25, -0.2) is 4.79 Å². The second-order valence-corrected chi connectivity index (χ2v) is 4.97. The van der Waals surface area contributed by atoms with Crippen molar-refractivity contribution in [2.45, 2.75) is 6.42 Å². The molecule has 3 aromatic rings. The van der Waals surface area contributed by atoms with Crippen molar-refractivity contribution in [3.8, 4) is 5.75 Å². The molecule has 0 bridgehead atoms. The molecule has 0 aliphatic rings. The van der Waals surface area contributed by atoms with Crippen LogP contribution in [0.1, 0.15) is 15.9 Å². The maximum absolute atomic E-state index is 11.4. The molecular formula is C18H17NO3. The van der Waals surface area contributed by atoms with Gasteiger partial charge in [0, 0.05) is 23.5 Å². The Kier molecular flexibility index (Phi) is 4.10. The number of hydrogen-bond donors (Lipinski definition) is 1. The highest BCUT2D eigenvalue weighted by Gasteiger charge is 2.06. The van der Waals surface area contributed by atoms with Crippen molar-refractivity contribution in [3.05, 3.63) is 65.9 Å². The number of H-pyrrole nitrogens is 1. The number of aromatic nitrogens is 1. The number of carbonyl (C=O) groups excluding carboxylic acids is 1. The smallest absolute Gasteiger partial charge is 0.337 e. The topological polar surface area (TPSA) is 51.3 Å². The number of rotatable bonds is 5.